The SMILES string of the molecule is Cc1ccc(-n2cc(C(=O)NCC(c3ccco3)N(C)C)c(-c3ccccc3)n2)cc1. The van der Waals surface area contributed by atoms with Crippen LogP contribution in [0.4, 0.5) is 0 Å². The zero-order chi connectivity index (χ0) is 21.8. The zero-order valence-electron chi connectivity index (χ0n) is 17.9. The zero-order valence-corrected chi connectivity index (χ0v) is 17.9. The Morgan fingerprint density at radius 2 is 1.81 bits per heavy atom. The van der Waals surface area contributed by atoms with Crippen molar-refractivity contribution in [3.05, 3.63) is 96.1 Å². The van der Waals surface area contributed by atoms with Crippen molar-refractivity contribution in [2.24, 2.45) is 0 Å². The number of nitrogens with zero attached hydrogens (tertiary/aromatic N) is 3. The molecule has 4 aromatic rings. The van der Waals surface area contributed by atoms with Gasteiger partial charge in [0.2, 0.25) is 0 Å². The second-order valence-corrected chi connectivity index (χ2v) is 7.74. The first-order valence-electron chi connectivity index (χ1n) is 10.2. The number of carbonyl (C=O) groups is 1. The van der Waals surface area contributed by atoms with E-state index in [2.05, 4.69) is 5.32 Å². The van der Waals surface area contributed by atoms with Gasteiger partial charge in [0.15, 0.2) is 0 Å². The minimum atomic E-state index is -0.171. The molecule has 0 saturated heterocycles. The Kier molecular flexibility index (Phi) is 6.00. The Morgan fingerprint density at radius 1 is 1.06 bits per heavy atom. The van der Waals surface area contributed by atoms with Crippen molar-refractivity contribution in [2.75, 3.05) is 20.6 Å². The highest BCUT2D eigenvalue weighted by molar-refractivity contribution is 6.00. The molecule has 1 amide bonds. The molecule has 0 fully saturated rings. The standard InChI is InChI=1S/C25H26N4O2/c1-18-11-13-20(14-12-18)29-17-21(24(27-29)19-8-5-4-6-9-19)25(30)26-16-22(28(2)3)23-10-7-15-31-23/h4-15,17,22H,16H2,1-3H3,(H,26,30). The fourth-order valence-electron chi connectivity index (χ4n) is 3.48. The Hall–Kier alpha value is -3.64. The van der Waals surface area contributed by atoms with Crippen LogP contribution in [0, 0.1) is 6.92 Å². The average Bonchev–Trinajstić information content (AvgIpc) is 3.45. The van der Waals surface area contributed by atoms with Gasteiger partial charge < -0.3 is 9.73 Å². The number of amides is 1. The summed E-state index contributed by atoms with van der Waals surface area (Å²) in [6.07, 6.45) is 3.44. The number of aryl methyl sites for hydroxylation is 1. The molecule has 4 rings (SSSR count). The lowest BCUT2D eigenvalue weighted by atomic mass is 10.1. The van der Waals surface area contributed by atoms with Crippen LogP contribution < -0.4 is 5.32 Å². The van der Waals surface area contributed by atoms with Crippen LogP contribution in [-0.4, -0.2) is 41.2 Å². The summed E-state index contributed by atoms with van der Waals surface area (Å²) in [5.74, 6) is 0.638. The highest BCUT2D eigenvalue weighted by Crippen LogP contribution is 2.24. The van der Waals surface area contributed by atoms with Gasteiger partial charge in [0.05, 0.1) is 23.6 Å². The molecule has 1 atom stereocenters. The van der Waals surface area contributed by atoms with E-state index in [0.29, 0.717) is 17.8 Å². The molecular weight excluding hydrogens is 388 g/mol. The average molecular weight is 415 g/mol. The molecule has 2 aromatic heterocycles. The van der Waals surface area contributed by atoms with Gasteiger partial charge in [-0.2, -0.15) is 5.10 Å². The lowest BCUT2D eigenvalue weighted by Crippen LogP contribution is -2.34. The van der Waals surface area contributed by atoms with Crippen molar-refractivity contribution in [2.45, 2.75) is 13.0 Å². The van der Waals surface area contributed by atoms with Crippen molar-refractivity contribution < 1.29 is 9.21 Å². The van der Waals surface area contributed by atoms with Crippen molar-refractivity contribution in [1.29, 1.82) is 0 Å². The van der Waals surface area contributed by atoms with Crippen LogP contribution in [-0.2, 0) is 0 Å². The molecule has 31 heavy (non-hydrogen) atoms. The van der Waals surface area contributed by atoms with E-state index in [1.54, 1.807) is 17.1 Å². The van der Waals surface area contributed by atoms with Crippen molar-refractivity contribution in [3.63, 3.8) is 0 Å². The van der Waals surface area contributed by atoms with E-state index < -0.39 is 0 Å². The van der Waals surface area contributed by atoms with Gasteiger partial charge in [0, 0.05) is 18.3 Å². The predicted molar refractivity (Wildman–Crippen MR) is 121 cm³/mol. The molecule has 1 N–H and O–H groups in total. The third-order valence-electron chi connectivity index (χ3n) is 5.26. The van der Waals surface area contributed by atoms with Gasteiger partial charge in [-0.25, -0.2) is 4.68 Å². The van der Waals surface area contributed by atoms with Gasteiger partial charge in [0.25, 0.3) is 5.91 Å². The number of aromatic nitrogens is 2. The van der Waals surface area contributed by atoms with E-state index in [1.165, 1.54) is 5.56 Å². The van der Waals surface area contributed by atoms with Gasteiger partial charge in [-0.1, -0.05) is 48.0 Å². The molecule has 0 spiro atoms. The normalized spacial score (nSPS) is 12.1. The number of likely N-dealkylation sites (N-methyl/N-ethyl adjacent to an activating group) is 1. The summed E-state index contributed by atoms with van der Waals surface area (Å²) in [7, 11) is 3.92. The fraction of sp³-hybridized carbons (Fsp3) is 0.200. The van der Waals surface area contributed by atoms with Crippen molar-refractivity contribution in [3.8, 4) is 16.9 Å². The Balaban J connectivity index is 1.64. The first kappa shape index (κ1) is 20.6. The lowest BCUT2D eigenvalue weighted by Gasteiger charge is -2.22. The molecule has 158 valence electrons. The highest BCUT2D eigenvalue weighted by Gasteiger charge is 2.22. The molecule has 2 heterocycles. The summed E-state index contributed by atoms with van der Waals surface area (Å²) in [6.45, 7) is 2.46. The monoisotopic (exact) mass is 414 g/mol. The fourth-order valence-corrected chi connectivity index (χ4v) is 3.48. The van der Waals surface area contributed by atoms with Gasteiger partial charge in [0.1, 0.15) is 11.5 Å². The number of benzene rings is 2. The summed E-state index contributed by atoms with van der Waals surface area (Å²) < 4.78 is 7.31. The predicted octanol–water partition coefficient (Wildman–Crippen LogP) is 4.47. The first-order chi connectivity index (χ1) is 15.0. The smallest absolute Gasteiger partial charge is 0.255 e. The number of furan rings is 1. The third kappa shape index (κ3) is 4.59. The van der Waals surface area contributed by atoms with Crippen LogP contribution in [0.25, 0.3) is 16.9 Å². The molecule has 0 aliphatic rings. The Bertz CT molecular complexity index is 1130. The molecule has 0 saturated carbocycles. The molecular formula is C25H26N4O2. The van der Waals surface area contributed by atoms with Gasteiger partial charge >= 0.3 is 0 Å². The van der Waals surface area contributed by atoms with Crippen LogP contribution in [0.2, 0.25) is 0 Å². The van der Waals surface area contributed by atoms with Crippen LogP contribution in [0.15, 0.2) is 83.6 Å². The molecule has 0 aliphatic heterocycles. The number of nitrogens with one attached hydrogen (secondary N) is 1. The van der Waals surface area contributed by atoms with Crippen LogP contribution >= 0.6 is 0 Å². The van der Waals surface area contributed by atoms with Crippen LogP contribution in [0.5, 0.6) is 0 Å². The van der Waals surface area contributed by atoms with Crippen molar-refractivity contribution in [1.82, 2.24) is 20.0 Å². The van der Waals surface area contributed by atoms with Crippen molar-refractivity contribution >= 4 is 5.91 Å². The highest BCUT2D eigenvalue weighted by atomic mass is 16.3. The largest absolute Gasteiger partial charge is 0.468 e. The molecule has 6 nitrogen and oxygen atoms in total. The minimum Gasteiger partial charge on any atom is -0.468 e. The minimum absolute atomic E-state index is 0.0636. The lowest BCUT2D eigenvalue weighted by molar-refractivity contribution is 0.0939. The van der Waals surface area contributed by atoms with E-state index in [1.807, 2.05) is 92.6 Å². The van der Waals surface area contributed by atoms with Crippen LogP contribution in [0.3, 0.4) is 0 Å². The molecule has 0 bridgehead atoms. The molecule has 2 aromatic carbocycles. The Labute approximate surface area is 182 Å². The van der Waals surface area contributed by atoms with Gasteiger partial charge in [-0.05, 0) is 45.3 Å². The van der Waals surface area contributed by atoms with E-state index >= 15 is 0 Å². The molecule has 6 heteroatoms. The first-order valence-corrected chi connectivity index (χ1v) is 10.2. The summed E-state index contributed by atoms with van der Waals surface area (Å²) in [5, 5.41) is 7.80. The van der Waals surface area contributed by atoms with E-state index in [-0.39, 0.29) is 11.9 Å². The maximum atomic E-state index is 13.2. The third-order valence-corrected chi connectivity index (χ3v) is 5.26. The quantitative estimate of drug-likeness (QED) is 0.485. The summed E-state index contributed by atoms with van der Waals surface area (Å²) in [6, 6.07) is 21.5. The van der Waals surface area contributed by atoms with Crippen LogP contribution in [0.1, 0.15) is 27.7 Å². The van der Waals surface area contributed by atoms with Gasteiger partial charge in [-0.3, -0.25) is 9.69 Å². The van der Waals surface area contributed by atoms with E-state index in [4.69, 9.17) is 9.52 Å². The summed E-state index contributed by atoms with van der Waals surface area (Å²) in [5.41, 5.74) is 4.16. The number of rotatable bonds is 7. The van der Waals surface area contributed by atoms with Gasteiger partial charge in [-0.15, -0.1) is 0 Å². The molecule has 0 radical (unpaired) electrons. The topological polar surface area (TPSA) is 63.3 Å². The number of carbonyl (C=O) groups excluding carboxylic acids is 1. The maximum Gasteiger partial charge on any atom is 0.255 e. The number of hydrogen-bond donors (Lipinski definition) is 1. The second-order valence-electron chi connectivity index (χ2n) is 7.74. The summed E-state index contributed by atoms with van der Waals surface area (Å²) in [4.78, 5) is 15.2. The second kappa shape index (κ2) is 9.02. The molecule has 1 unspecified atom stereocenters. The van der Waals surface area contributed by atoms with E-state index in [0.717, 1.165) is 17.0 Å². The summed E-state index contributed by atoms with van der Waals surface area (Å²) >= 11 is 0. The van der Waals surface area contributed by atoms with E-state index in [9.17, 15) is 4.79 Å². The Morgan fingerprint density at radius 3 is 2.45 bits per heavy atom. The number of hydrogen-bond acceptors (Lipinski definition) is 4. The molecule has 0 aliphatic carbocycles. The maximum absolute atomic E-state index is 13.2.